The summed E-state index contributed by atoms with van der Waals surface area (Å²) in [5.74, 6) is -0.0806. The van der Waals surface area contributed by atoms with Gasteiger partial charge in [0.2, 0.25) is 0 Å². The van der Waals surface area contributed by atoms with Crippen molar-refractivity contribution in [2.24, 2.45) is 0 Å². The summed E-state index contributed by atoms with van der Waals surface area (Å²) in [5, 5.41) is 3.76. The number of carbonyl (C=O) groups is 2. The molecule has 35 heavy (non-hydrogen) atoms. The van der Waals surface area contributed by atoms with Crippen molar-refractivity contribution in [3.63, 3.8) is 0 Å². The summed E-state index contributed by atoms with van der Waals surface area (Å²) < 4.78 is 7.39. The fourth-order valence-corrected chi connectivity index (χ4v) is 5.18. The Morgan fingerprint density at radius 2 is 2.00 bits per heavy atom. The number of ether oxygens (including phenoxy) is 1. The number of ketones is 1. The summed E-state index contributed by atoms with van der Waals surface area (Å²) in [6.45, 7) is 8.77. The van der Waals surface area contributed by atoms with Crippen molar-refractivity contribution < 1.29 is 14.3 Å². The Balaban J connectivity index is 1.69. The van der Waals surface area contributed by atoms with Crippen molar-refractivity contribution in [1.82, 2.24) is 14.9 Å². The van der Waals surface area contributed by atoms with Crippen LogP contribution in [0.2, 0.25) is 0 Å². The Hall–Kier alpha value is -2.97. The molecule has 1 amide bonds. The monoisotopic (exact) mass is 493 g/mol. The van der Waals surface area contributed by atoms with E-state index >= 15 is 0 Å². The second-order valence-corrected chi connectivity index (χ2v) is 10.3. The molecule has 2 heterocycles. The van der Waals surface area contributed by atoms with E-state index in [4.69, 9.17) is 9.72 Å². The lowest BCUT2D eigenvalue weighted by Gasteiger charge is -2.17. The highest BCUT2D eigenvalue weighted by molar-refractivity contribution is 7.99. The predicted octanol–water partition coefficient (Wildman–Crippen LogP) is 4.31. The number of amides is 1. The molecular formula is C27H31N3O4S. The Labute approximate surface area is 209 Å². The van der Waals surface area contributed by atoms with Gasteiger partial charge >= 0.3 is 0 Å². The van der Waals surface area contributed by atoms with Crippen molar-refractivity contribution >= 4 is 34.4 Å². The zero-order chi connectivity index (χ0) is 25.1. The van der Waals surface area contributed by atoms with Crippen LogP contribution in [0.15, 0.2) is 46.3 Å². The fraction of sp³-hybridized carbons (Fsp3) is 0.407. The van der Waals surface area contributed by atoms with Crippen LogP contribution in [-0.4, -0.2) is 45.7 Å². The third-order valence-corrected chi connectivity index (χ3v) is 7.00. The molecule has 2 aromatic carbocycles. The normalized spacial score (nSPS) is 15.6. The zero-order valence-corrected chi connectivity index (χ0v) is 21.4. The highest BCUT2D eigenvalue weighted by Crippen LogP contribution is 2.23. The van der Waals surface area contributed by atoms with Crippen LogP contribution >= 0.6 is 11.8 Å². The molecule has 1 saturated heterocycles. The van der Waals surface area contributed by atoms with Crippen LogP contribution in [0, 0.1) is 13.8 Å². The van der Waals surface area contributed by atoms with E-state index in [0.29, 0.717) is 40.3 Å². The van der Waals surface area contributed by atoms with E-state index in [2.05, 4.69) is 5.32 Å². The number of hydrogen-bond acceptors (Lipinski definition) is 6. The lowest BCUT2D eigenvalue weighted by atomic mass is 10.0. The number of benzene rings is 2. The SMILES string of the molecule is Cc1ccc(C(=O)CSc2nc3cc(C(=O)NC(C)C)ccc3c(=O)n2C[C@H]2CCCO2)c(C)c1. The maximum Gasteiger partial charge on any atom is 0.262 e. The summed E-state index contributed by atoms with van der Waals surface area (Å²) in [4.78, 5) is 43.7. The van der Waals surface area contributed by atoms with Gasteiger partial charge in [0.1, 0.15) is 0 Å². The molecule has 1 aliphatic heterocycles. The van der Waals surface area contributed by atoms with E-state index in [-0.39, 0.29) is 35.1 Å². The number of aromatic nitrogens is 2. The molecule has 184 valence electrons. The van der Waals surface area contributed by atoms with Crippen molar-refractivity contribution in [3.05, 3.63) is 69.0 Å². The smallest absolute Gasteiger partial charge is 0.262 e. The van der Waals surface area contributed by atoms with Crippen LogP contribution in [0.5, 0.6) is 0 Å². The van der Waals surface area contributed by atoms with Crippen molar-refractivity contribution in [2.75, 3.05) is 12.4 Å². The predicted molar refractivity (Wildman–Crippen MR) is 139 cm³/mol. The molecule has 7 nitrogen and oxygen atoms in total. The Morgan fingerprint density at radius 3 is 2.69 bits per heavy atom. The number of Topliss-reactive ketones (excluding diaryl/α,β-unsaturated/α-hetero) is 1. The molecule has 1 aliphatic rings. The van der Waals surface area contributed by atoms with Gasteiger partial charge in [-0.2, -0.15) is 0 Å². The summed E-state index contributed by atoms with van der Waals surface area (Å²) in [7, 11) is 0. The third-order valence-electron chi connectivity index (χ3n) is 6.03. The molecule has 0 spiro atoms. The first-order valence-corrected chi connectivity index (χ1v) is 12.9. The van der Waals surface area contributed by atoms with Gasteiger partial charge in [-0.1, -0.05) is 35.5 Å². The molecule has 0 aliphatic carbocycles. The van der Waals surface area contributed by atoms with Crippen LogP contribution in [0.4, 0.5) is 0 Å². The maximum atomic E-state index is 13.5. The van der Waals surface area contributed by atoms with E-state index in [0.717, 1.165) is 24.0 Å². The van der Waals surface area contributed by atoms with Crippen molar-refractivity contribution in [3.8, 4) is 0 Å². The van der Waals surface area contributed by atoms with Gasteiger partial charge in [-0.15, -0.1) is 0 Å². The number of nitrogens with zero attached hydrogens (tertiary/aromatic N) is 2. The number of nitrogens with one attached hydrogen (secondary N) is 1. The van der Waals surface area contributed by atoms with Gasteiger partial charge in [0.15, 0.2) is 10.9 Å². The first-order valence-electron chi connectivity index (χ1n) is 11.9. The number of hydrogen-bond donors (Lipinski definition) is 1. The summed E-state index contributed by atoms with van der Waals surface area (Å²) in [6, 6.07) is 10.7. The van der Waals surface area contributed by atoms with Crippen LogP contribution in [0.25, 0.3) is 10.9 Å². The molecular weight excluding hydrogens is 462 g/mol. The van der Waals surface area contributed by atoms with Crippen molar-refractivity contribution in [2.45, 2.75) is 64.4 Å². The minimum atomic E-state index is -0.216. The molecule has 1 aromatic heterocycles. The van der Waals surface area contributed by atoms with E-state index < -0.39 is 0 Å². The fourth-order valence-electron chi connectivity index (χ4n) is 4.28. The minimum Gasteiger partial charge on any atom is -0.376 e. The highest BCUT2D eigenvalue weighted by atomic mass is 32.2. The van der Waals surface area contributed by atoms with Gasteiger partial charge in [-0.3, -0.25) is 19.0 Å². The second kappa shape index (κ2) is 10.7. The van der Waals surface area contributed by atoms with Crippen molar-refractivity contribution in [1.29, 1.82) is 0 Å². The maximum absolute atomic E-state index is 13.5. The molecule has 0 bridgehead atoms. The zero-order valence-electron chi connectivity index (χ0n) is 20.6. The largest absolute Gasteiger partial charge is 0.376 e. The Morgan fingerprint density at radius 1 is 1.20 bits per heavy atom. The molecule has 1 atom stereocenters. The number of aryl methyl sites for hydroxylation is 2. The summed E-state index contributed by atoms with van der Waals surface area (Å²) >= 11 is 1.25. The average Bonchev–Trinajstić information content (AvgIpc) is 3.32. The van der Waals surface area contributed by atoms with Crippen LogP contribution in [-0.2, 0) is 11.3 Å². The van der Waals surface area contributed by atoms with E-state index in [1.165, 1.54) is 11.8 Å². The molecule has 0 radical (unpaired) electrons. The van der Waals surface area contributed by atoms with Gasteiger partial charge in [0, 0.05) is 23.8 Å². The quantitative estimate of drug-likeness (QED) is 0.286. The topological polar surface area (TPSA) is 90.3 Å². The summed E-state index contributed by atoms with van der Waals surface area (Å²) in [5.41, 5.74) is 3.39. The van der Waals surface area contributed by atoms with Gasteiger partial charge in [-0.05, 0) is 64.3 Å². The second-order valence-electron chi connectivity index (χ2n) is 9.34. The van der Waals surface area contributed by atoms with Crippen LogP contribution < -0.4 is 10.9 Å². The third kappa shape index (κ3) is 5.82. The van der Waals surface area contributed by atoms with E-state index in [9.17, 15) is 14.4 Å². The first-order chi connectivity index (χ1) is 16.7. The molecule has 3 aromatic rings. The molecule has 1 fully saturated rings. The first kappa shape index (κ1) is 25.1. The van der Waals surface area contributed by atoms with Gasteiger partial charge in [0.05, 0.1) is 29.3 Å². The lowest BCUT2D eigenvalue weighted by Crippen LogP contribution is -2.31. The molecule has 0 saturated carbocycles. The van der Waals surface area contributed by atoms with Gasteiger partial charge < -0.3 is 10.1 Å². The van der Waals surface area contributed by atoms with Crippen LogP contribution in [0.1, 0.15) is 58.5 Å². The molecule has 8 heteroatoms. The molecule has 1 N–H and O–H groups in total. The minimum absolute atomic E-state index is 0.00655. The standard InChI is InChI=1S/C27H31N3O4S/c1-16(2)28-25(32)19-8-10-22-23(13-19)29-27(30(26(22)33)14-20-6-5-11-34-20)35-15-24(31)21-9-7-17(3)12-18(21)4/h7-10,12-13,16,20H,5-6,11,14-15H2,1-4H3,(H,28,32)/t20-/m1/s1. The van der Waals surface area contributed by atoms with Gasteiger partial charge in [-0.25, -0.2) is 4.98 Å². The van der Waals surface area contributed by atoms with E-state index in [1.54, 1.807) is 22.8 Å². The van der Waals surface area contributed by atoms with E-state index in [1.807, 2.05) is 45.9 Å². The molecule has 0 unspecified atom stereocenters. The summed E-state index contributed by atoms with van der Waals surface area (Å²) in [6.07, 6.45) is 1.78. The highest BCUT2D eigenvalue weighted by Gasteiger charge is 2.22. The van der Waals surface area contributed by atoms with Gasteiger partial charge in [0.25, 0.3) is 11.5 Å². The number of rotatable bonds is 8. The Bertz CT molecular complexity index is 1330. The number of fused-ring (bicyclic) bond motifs is 1. The Kier molecular flexibility index (Phi) is 7.72. The van der Waals surface area contributed by atoms with Crippen LogP contribution in [0.3, 0.4) is 0 Å². The average molecular weight is 494 g/mol. The lowest BCUT2D eigenvalue weighted by molar-refractivity contribution is 0.0936. The number of thioether (sulfide) groups is 1. The molecule has 4 rings (SSSR count). The number of carbonyl (C=O) groups excluding carboxylic acids is 2.